The number of hydrogen-bond acceptors (Lipinski definition) is 4. The van der Waals surface area contributed by atoms with E-state index in [1.54, 1.807) is 6.33 Å². The summed E-state index contributed by atoms with van der Waals surface area (Å²) in [7, 11) is 0. The summed E-state index contributed by atoms with van der Waals surface area (Å²) in [4.78, 5) is 16.6. The quantitative estimate of drug-likeness (QED) is 0.606. The van der Waals surface area contributed by atoms with E-state index in [0.717, 1.165) is 46.5 Å². The average molecular weight is 303 g/mol. The number of hydrogen-bond donors (Lipinski definition) is 2. The fraction of sp³-hybridized carbons (Fsp3) is 0.167. The zero-order valence-corrected chi connectivity index (χ0v) is 12.9. The third-order valence-corrected chi connectivity index (χ3v) is 3.88. The second-order valence-electron chi connectivity index (χ2n) is 5.62. The van der Waals surface area contributed by atoms with Crippen LogP contribution in [0.2, 0.25) is 0 Å². The van der Waals surface area contributed by atoms with Crippen molar-refractivity contribution in [3.8, 4) is 0 Å². The lowest BCUT2D eigenvalue weighted by Crippen LogP contribution is -2.08. The summed E-state index contributed by atoms with van der Waals surface area (Å²) in [5.41, 5.74) is 4.24. The van der Waals surface area contributed by atoms with Crippen molar-refractivity contribution in [2.75, 3.05) is 11.9 Å². The third kappa shape index (κ3) is 2.73. The van der Waals surface area contributed by atoms with Gasteiger partial charge in [0.1, 0.15) is 18.0 Å². The zero-order chi connectivity index (χ0) is 15.6. The highest BCUT2D eigenvalue weighted by Gasteiger charge is 2.05. The van der Waals surface area contributed by atoms with Gasteiger partial charge in [-0.2, -0.15) is 0 Å². The maximum Gasteiger partial charge on any atom is 0.137 e. The third-order valence-electron chi connectivity index (χ3n) is 3.88. The highest BCUT2D eigenvalue weighted by Crippen LogP contribution is 2.20. The second kappa shape index (κ2) is 5.68. The first kappa shape index (κ1) is 13.7. The lowest BCUT2D eigenvalue weighted by Gasteiger charge is -2.08. The molecule has 2 aromatic heterocycles. The van der Waals surface area contributed by atoms with Crippen molar-refractivity contribution in [3.63, 3.8) is 0 Å². The maximum atomic E-state index is 4.59. The van der Waals surface area contributed by atoms with Gasteiger partial charge in [0.05, 0.1) is 16.6 Å². The zero-order valence-electron chi connectivity index (χ0n) is 12.9. The molecule has 114 valence electrons. The summed E-state index contributed by atoms with van der Waals surface area (Å²) in [6.45, 7) is 2.84. The molecule has 0 amide bonds. The summed E-state index contributed by atoms with van der Waals surface area (Å²) in [6.07, 6.45) is 2.41. The molecule has 0 fully saturated rings. The first-order chi connectivity index (χ1) is 11.3. The predicted octanol–water partition coefficient (Wildman–Crippen LogP) is 3.47. The number of H-pyrrole nitrogens is 1. The van der Waals surface area contributed by atoms with E-state index in [2.05, 4.69) is 44.3 Å². The summed E-state index contributed by atoms with van der Waals surface area (Å²) in [6, 6.07) is 14.3. The van der Waals surface area contributed by atoms with Gasteiger partial charge in [0, 0.05) is 18.4 Å². The molecule has 5 nitrogen and oxygen atoms in total. The SMILES string of the molecule is Cc1ccc2ncnc(NCCc3nc4ccccc4[nH]3)c2c1. The number of para-hydroxylation sites is 2. The van der Waals surface area contributed by atoms with E-state index >= 15 is 0 Å². The molecule has 0 aliphatic carbocycles. The maximum absolute atomic E-state index is 4.59. The Hall–Kier alpha value is -2.95. The van der Waals surface area contributed by atoms with Crippen molar-refractivity contribution in [3.05, 3.63) is 60.2 Å². The number of anilines is 1. The number of nitrogens with one attached hydrogen (secondary N) is 2. The molecule has 0 bridgehead atoms. The Balaban J connectivity index is 1.52. The Morgan fingerprint density at radius 2 is 1.96 bits per heavy atom. The van der Waals surface area contributed by atoms with Gasteiger partial charge in [-0.25, -0.2) is 15.0 Å². The molecular weight excluding hydrogens is 286 g/mol. The molecule has 0 spiro atoms. The number of aromatic amines is 1. The van der Waals surface area contributed by atoms with Crippen LogP contribution in [0.5, 0.6) is 0 Å². The highest BCUT2D eigenvalue weighted by atomic mass is 15.0. The smallest absolute Gasteiger partial charge is 0.137 e. The predicted molar refractivity (Wildman–Crippen MR) is 92.6 cm³/mol. The summed E-state index contributed by atoms with van der Waals surface area (Å²) >= 11 is 0. The van der Waals surface area contributed by atoms with Gasteiger partial charge in [-0.15, -0.1) is 0 Å². The van der Waals surface area contributed by atoms with E-state index in [9.17, 15) is 0 Å². The number of benzene rings is 2. The normalized spacial score (nSPS) is 11.2. The van der Waals surface area contributed by atoms with E-state index in [4.69, 9.17) is 0 Å². The molecule has 4 rings (SSSR count). The number of aromatic nitrogens is 4. The Morgan fingerprint density at radius 1 is 1.04 bits per heavy atom. The highest BCUT2D eigenvalue weighted by molar-refractivity contribution is 5.89. The molecule has 0 aliphatic heterocycles. The van der Waals surface area contributed by atoms with Gasteiger partial charge in [0.2, 0.25) is 0 Å². The first-order valence-electron chi connectivity index (χ1n) is 7.68. The van der Waals surface area contributed by atoms with Gasteiger partial charge in [-0.05, 0) is 31.2 Å². The molecule has 0 unspecified atom stereocenters. The van der Waals surface area contributed by atoms with Gasteiger partial charge in [-0.1, -0.05) is 23.8 Å². The van der Waals surface area contributed by atoms with Crippen LogP contribution < -0.4 is 5.32 Å². The van der Waals surface area contributed by atoms with Crippen LogP contribution in [0.3, 0.4) is 0 Å². The van der Waals surface area contributed by atoms with Crippen LogP contribution in [0, 0.1) is 6.92 Å². The molecule has 23 heavy (non-hydrogen) atoms. The number of aryl methyl sites for hydroxylation is 1. The lowest BCUT2D eigenvalue weighted by molar-refractivity contribution is 0.929. The van der Waals surface area contributed by atoms with Gasteiger partial charge < -0.3 is 10.3 Å². The van der Waals surface area contributed by atoms with Crippen molar-refractivity contribution in [2.45, 2.75) is 13.3 Å². The van der Waals surface area contributed by atoms with Crippen LogP contribution in [-0.2, 0) is 6.42 Å². The van der Waals surface area contributed by atoms with Crippen LogP contribution in [0.1, 0.15) is 11.4 Å². The monoisotopic (exact) mass is 303 g/mol. The Bertz CT molecular complexity index is 940. The summed E-state index contributed by atoms with van der Waals surface area (Å²) in [5, 5.41) is 4.45. The van der Waals surface area contributed by atoms with Crippen LogP contribution in [0.25, 0.3) is 21.9 Å². The first-order valence-corrected chi connectivity index (χ1v) is 7.68. The number of imidazole rings is 1. The molecule has 0 radical (unpaired) electrons. The van der Waals surface area contributed by atoms with Crippen molar-refractivity contribution in [2.24, 2.45) is 0 Å². The summed E-state index contributed by atoms with van der Waals surface area (Å²) < 4.78 is 0. The number of fused-ring (bicyclic) bond motifs is 2. The Morgan fingerprint density at radius 3 is 2.87 bits per heavy atom. The molecule has 4 aromatic rings. The topological polar surface area (TPSA) is 66.5 Å². The number of nitrogens with zero attached hydrogens (tertiary/aromatic N) is 3. The Kier molecular flexibility index (Phi) is 3.38. The fourth-order valence-corrected chi connectivity index (χ4v) is 2.73. The van der Waals surface area contributed by atoms with Crippen molar-refractivity contribution in [1.29, 1.82) is 0 Å². The molecule has 2 heterocycles. The molecule has 0 atom stereocenters. The molecule has 5 heteroatoms. The largest absolute Gasteiger partial charge is 0.369 e. The summed E-state index contributed by atoms with van der Waals surface area (Å²) in [5.74, 6) is 1.85. The van der Waals surface area contributed by atoms with Gasteiger partial charge >= 0.3 is 0 Å². The Labute approximate surface area is 133 Å². The molecule has 0 saturated carbocycles. The van der Waals surface area contributed by atoms with Crippen molar-refractivity contribution < 1.29 is 0 Å². The second-order valence-corrected chi connectivity index (χ2v) is 5.62. The minimum Gasteiger partial charge on any atom is -0.369 e. The molecule has 0 aliphatic rings. The average Bonchev–Trinajstić information content (AvgIpc) is 2.98. The minimum atomic E-state index is 0.764. The van der Waals surface area contributed by atoms with Crippen LogP contribution >= 0.6 is 0 Å². The molecule has 2 N–H and O–H groups in total. The van der Waals surface area contributed by atoms with Crippen molar-refractivity contribution in [1.82, 2.24) is 19.9 Å². The molecule has 0 saturated heterocycles. The van der Waals surface area contributed by atoms with E-state index in [1.165, 1.54) is 5.56 Å². The van der Waals surface area contributed by atoms with Crippen LogP contribution in [-0.4, -0.2) is 26.5 Å². The van der Waals surface area contributed by atoms with E-state index < -0.39 is 0 Å². The molecular formula is C18H17N5. The lowest BCUT2D eigenvalue weighted by atomic mass is 10.1. The van der Waals surface area contributed by atoms with E-state index in [0.29, 0.717) is 0 Å². The fourth-order valence-electron chi connectivity index (χ4n) is 2.73. The standard InChI is InChI=1S/C18H17N5/c1-12-6-7-14-13(10-12)18(21-11-20-14)19-9-8-17-22-15-4-2-3-5-16(15)23-17/h2-7,10-11H,8-9H2,1H3,(H,22,23)(H,19,20,21). The number of rotatable bonds is 4. The van der Waals surface area contributed by atoms with Crippen molar-refractivity contribution >= 4 is 27.8 Å². The van der Waals surface area contributed by atoms with E-state index in [1.807, 2.05) is 30.3 Å². The molecule has 2 aromatic carbocycles. The van der Waals surface area contributed by atoms with Gasteiger partial charge in [0.15, 0.2) is 0 Å². The van der Waals surface area contributed by atoms with Crippen LogP contribution in [0.4, 0.5) is 5.82 Å². The minimum absolute atomic E-state index is 0.764. The van der Waals surface area contributed by atoms with Gasteiger partial charge in [-0.3, -0.25) is 0 Å². The van der Waals surface area contributed by atoms with Gasteiger partial charge in [0.25, 0.3) is 0 Å². The van der Waals surface area contributed by atoms with Crippen LogP contribution in [0.15, 0.2) is 48.8 Å². The van der Waals surface area contributed by atoms with E-state index in [-0.39, 0.29) is 0 Å².